The fourth-order valence-electron chi connectivity index (χ4n) is 4.20. The SMILES string of the molecule is CCC[CH2][SnH]([CH2]CCC)[C](CCC)(CCCC)CCCC.[Cl-]. The van der Waals surface area contributed by atoms with Gasteiger partial charge in [-0.2, -0.15) is 0 Å². The van der Waals surface area contributed by atoms with Gasteiger partial charge in [0.15, 0.2) is 0 Å². The maximum atomic E-state index is 2.44. The Hall–Kier alpha value is 1.09. The van der Waals surface area contributed by atoms with Crippen molar-refractivity contribution in [2.24, 2.45) is 0 Å². The second-order valence-corrected chi connectivity index (χ2v) is 18.1. The average Bonchev–Trinajstić information content (AvgIpc) is 2.50. The van der Waals surface area contributed by atoms with Crippen LogP contribution in [0.2, 0.25) is 12.3 Å². The second kappa shape index (κ2) is 16.9. The molecule has 0 aromatic rings. The van der Waals surface area contributed by atoms with Crippen molar-refractivity contribution in [1.29, 1.82) is 0 Å². The second-order valence-electron chi connectivity index (χ2n) is 7.30. The maximum absolute atomic E-state index is 2.44. The first-order chi connectivity index (χ1) is 10.2. The summed E-state index contributed by atoms with van der Waals surface area (Å²) in [5, 5.41) is 0. The number of halogens is 1. The molecule has 0 nitrogen and oxygen atoms in total. The summed E-state index contributed by atoms with van der Waals surface area (Å²) in [6, 6.07) is 0. The quantitative estimate of drug-likeness (QED) is 0.324. The summed E-state index contributed by atoms with van der Waals surface area (Å²) in [5.41, 5.74) is 0. The molecule has 0 aliphatic rings. The van der Waals surface area contributed by atoms with Gasteiger partial charge in [-0.25, -0.2) is 0 Å². The van der Waals surface area contributed by atoms with E-state index in [0.29, 0.717) is 0 Å². The Balaban J connectivity index is 0. The van der Waals surface area contributed by atoms with Crippen molar-refractivity contribution >= 4 is 19.8 Å². The van der Waals surface area contributed by atoms with Crippen molar-refractivity contribution < 1.29 is 12.4 Å². The first-order valence-corrected chi connectivity index (χ1v) is 16.5. The molecular formula is C20H44ClSn-. The van der Waals surface area contributed by atoms with E-state index < -0.39 is 19.8 Å². The van der Waals surface area contributed by atoms with Crippen LogP contribution in [0.15, 0.2) is 0 Å². The Morgan fingerprint density at radius 2 is 0.955 bits per heavy atom. The van der Waals surface area contributed by atoms with Crippen LogP contribution in [0, 0.1) is 0 Å². The molecule has 0 aliphatic carbocycles. The Kier molecular flexibility index (Phi) is 19.5. The molecule has 2 heteroatoms. The van der Waals surface area contributed by atoms with E-state index in [9.17, 15) is 0 Å². The minimum absolute atomic E-state index is 0. The molecule has 0 aliphatic heterocycles. The largest absolute Gasteiger partial charge is 1.00 e. The summed E-state index contributed by atoms with van der Waals surface area (Å²) in [4.78, 5) is 0. The standard InChI is InChI=1S/C12H25.2C4H9.ClH.Sn.H/c1-4-7-10-12(9-6-3)11-8-5-2;2*1-3-4-2;;;/h4-11H2,1-3H3;2*1,3-4H2,2H3;1H;;/p-1. The summed E-state index contributed by atoms with van der Waals surface area (Å²) >= 11 is -1.42. The van der Waals surface area contributed by atoms with Crippen LogP contribution in [-0.2, 0) is 0 Å². The van der Waals surface area contributed by atoms with Crippen LogP contribution in [0.3, 0.4) is 0 Å². The summed E-state index contributed by atoms with van der Waals surface area (Å²) in [7, 11) is 0. The summed E-state index contributed by atoms with van der Waals surface area (Å²) in [6.45, 7) is 12.0. The number of hydrogen-bond acceptors (Lipinski definition) is 0. The van der Waals surface area contributed by atoms with Gasteiger partial charge in [0.1, 0.15) is 0 Å². The van der Waals surface area contributed by atoms with Crippen molar-refractivity contribution in [2.75, 3.05) is 0 Å². The smallest absolute Gasteiger partial charge is 1.00 e. The molecular weight excluding hydrogens is 394 g/mol. The summed E-state index contributed by atoms with van der Waals surface area (Å²) in [5.74, 6) is 0. The molecule has 0 amide bonds. The van der Waals surface area contributed by atoms with Crippen LogP contribution in [0.5, 0.6) is 0 Å². The zero-order valence-corrected chi connectivity index (χ0v) is 20.4. The fourth-order valence-corrected chi connectivity index (χ4v) is 19.1. The molecule has 0 saturated carbocycles. The van der Waals surface area contributed by atoms with Crippen molar-refractivity contribution in [3.05, 3.63) is 0 Å². The van der Waals surface area contributed by atoms with Crippen molar-refractivity contribution in [3.63, 3.8) is 0 Å². The number of rotatable bonds is 15. The molecule has 0 spiro atoms. The average molecular weight is 439 g/mol. The predicted molar refractivity (Wildman–Crippen MR) is 103 cm³/mol. The molecule has 136 valence electrons. The zero-order valence-electron chi connectivity index (χ0n) is 16.4. The molecule has 0 aromatic heterocycles. The third-order valence-electron chi connectivity index (χ3n) is 5.48. The maximum Gasteiger partial charge on any atom is -1.00 e. The van der Waals surface area contributed by atoms with Gasteiger partial charge in [0.25, 0.3) is 0 Å². The van der Waals surface area contributed by atoms with E-state index in [1.54, 1.807) is 28.1 Å². The molecule has 0 unspecified atom stereocenters. The normalized spacial score (nSPS) is 11.7. The molecule has 0 radical (unpaired) electrons. The van der Waals surface area contributed by atoms with Crippen LogP contribution in [0.25, 0.3) is 0 Å². The Morgan fingerprint density at radius 3 is 1.27 bits per heavy atom. The first-order valence-electron chi connectivity index (χ1n) is 10.2. The van der Waals surface area contributed by atoms with E-state index >= 15 is 0 Å². The van der Waals surface area contributed by atoms with Gasteiger partial charge in [-0.05, 0) is 0 Å². The minimum Gasteiger partial charge on any atom is -1.00 e. The van der Waals surface area contributed by atoms with Gasteiger partial charge in [-0.15, -0.1) is 0 Å². The monoisotopic (exact) mass is 439 g/mol. The molecule has 0 heterocycles. The van der Waals surface area contributed by atoms with Crippen molar-refractivity contribution in [3.8, 4) is 0 Å². The fraction of sp³-hybridized carbons (Fsp3) is 1.00. The van der Waals surface area contributed by atoms with Crippen molar-refractivity contribution in [2.45, 2.75) is 124 Å². The van der Waals surface area contributed by atoms with E-state index in [-0.39, 0.29) is 12.4 Å². The van der Waals surface area contributed by atoms with Gasteiger partial charge >= 0.3 is 144 Å². The van der Waals surface area contributed by atoms with Crippen LogP contribution >= 0.6 is 0 Å². The van der Waals surface area contributed by atoms with Crippen LogP contribution < -0.4 is 12.4 Å². The van der Waals surface area contributed by atoms with Gasteiger partial charge in [0.2, 0.25) is 0 Å². The summed E-state index contributed by atoms with van der Waals surface area (Å²) in [6.07, 6.45) is 17.9. The molecule has 0 N–H and O–H groups in total. The van der Waals surface area contributed by atoms with Crippen LogP contribution in [0.4, 0.5) is 0 Å². The molecule has 0 aromatic carbocycles. The predicted octanol–water partition coefficient (Wildman–Crippen LogP) is 4.74. The molecule has 0 atom stereocenters. The molecule has 0 rings (SSSR count). The number of hydrogen-bond donors (Lipinski definition) is 0. The van der Waals surface area contributed by atoms with E-state index in [4.69, 9.17) is 0 Å². The van der Waals surface area contributed by atoms with E-state index in [1.807, 2.05) is 0 Å². The number of unbranched alkanes of at least 4 members (excludes halogenated alkanes) is 4. The van der Waals surface area contributed by atoms with Gasteiger partial charge in [-0.1, -0.05) is 0 Å². The minimum atomic E-state index is -1.42. The Morgan fingerprint density at radius 1 is 0.545 bits per heavy atom. The van der Waals surface area contributed by atoms with Crippen molar-refractivity contribution in [1.82, 2.24) is 0 Å². The van der Waals surface area contributed by atoms with Crippen LogP contribution in [0.1, 0.15) is 112 Å². The Bertz CT molecular complexity index is 202. The van der Waals surface area contributed by atoms with Crippen LogP contribution in [-0.4, -0.2) is 19.8 Å². The first kappa shape index (κ1) is 25.3. The molecule has 0 saturated heterocycles. The van der Waals surface area contributed by atoms with Gasteiger partial charge < -0.3 is 12.4 Å². The van der Waals surface area contributed by atoms with Gasteiger partial charge in [0.05, 0.1) is 0 Å². The van der Waals surface area contributed by atoms with E-state index in [2.05, 4.69) is 34.6 Å². The van der Waals surface area contributed by atoms with E-state index in [0.717, 1.165) is 3.43 Å². The topological polar surface area (TPSA) is 0 Å². The molecule has 0 bridgehead atoms. The third-order valence-corrected chi connectivity index (χ3v) is 19.2. The summed E-state index contributed by atoms with van der Waals surface area (Å²) < 4.78 is 4.28. The van der Waals surface area contributed by atoms with E-state index in [1.165, 1.54) is 57.8 Å². The van der Waals surface area contributed by atoms with Gasteiger partial charge in [-0.3, -0.25) is 0 Å². The van der Waals surface area contributed by atoms with Gasteiger partial charge in [0, 0.05) is 0 Å². The Labute approximate surface area is 155 Å². The zero-order chi connectivity index (χ0) is 16.0. The molecule has 22 heavy (non-hydrogen) atoms. The molecule has 0 fully saturated rings. The third kappa shape index (κ3) is 10.1.